The second-order valence-electron chi connectivity index (χ2n) is 6.00. The average Bonchev–Trinajstić information content (AvgIpc) is 2.63. The molecule has 2 aromatic carbocycles. The zero-order valence-corrected chi connectivity index (χ0v) is 14.2. The number of halogens is 2. The number of rotatable bonds is 5. The predicted molar refractivity (Wildman–Crippen MR) is 93.5 cm³/mol. The average molecular weight is 357 g/mol. The lowest BCUT2D eigenvalue weighted by atomic mass is 10.2. The lowest BCUT2D eigenvalue weighted by Crippen LogP contribution is -2.29. The van der Waals surface area contributed by atoms with Crippen molar-refractivity contribution in [2.24, 2.45) is 0 Å². The van der Waals surface area contributed by atoms with Crippen LogP contribution in [0.4, 0.5) is 8.78 Å². The zero-order chi connectivity index (χ0) is 18.7. The van der Waals surface area contributed by atoms with Crippen LogP contribution in [0.5, 0.6) is 0 Å². The van der Waals surface area contributed by atoms with Crippen LogP contribution >= 0.6 is 0 Å². The molecule has 134 valence electrons. The van der Waals surface area contributed by atoms with E-state index >= 15 is 0 Å². The molecule has 0 atom stereocenters. The summed E-state index contributed by atoms with van der Waals surface area (Å²) >= 11 is 0. The molecular weight excluding hydrogens is 340 g/mol. The molecule has 0 bridgehead atoms. The largest absolute Gasteiger partial charge is 0.341 e. The van der Waals surface area contributed by atoms with Crippen LogP contribution < -0.4 is 5.56 Å². The molecule has 0 aliphatic rings. The highest BCUT2D eigenvalue weighted by Crippen LogP contribution is 2.12. The van der Waals surface area contributed by atoms with Crippen LogP contribution in [-0.2, 0) is 17.9 Å². The van der Waals surface area contributed by atoms with Crippen molar-refractivity contribution in [3.63, 3.8) is 0 Å². The van der Waals surface area contributed by atoms with Gasteiger partial charge in [-0.3, -0.25) is 14.2 Å². The number of carbonyl (C=O) groups excluding carboxylic acids is 1. The molecule has 1 aromatic heterocycles. The fourth-order valence-electron chi connectivity index (χ4n) is 2.67. The summed E-state index contributed by atoms with van der Waals surface area (Å²) in [5.74, 6) is -1.61. The lowest BCUT2D eigenvalue weighted by Gasteiger charge is -2.18. The van der Waals surface area contributed by atoms with Crippen LogP contribution in [0.25, 0.3) is 10.9 Å². The van der Waals surface area contributed by atoms with Gasteiger partial charge in [-0.1, -0.05) is 18.2 Å². The maximum absolute atomic E-state index is 13.7. The van der Waals surface area contributed by atoms with Crippen molar-refractivity contribution < 1.29 is 13.6 Å². The summed E-state index contributed by atoms with van der Waals surface area (Å²) in [4.78, 5) is 30.2. The number of hydrogen-bond acceptors (Lipinski definition) is 3. The molecule has 3 rings (SSSR count). The third kappa shape index (κ3) is 3.77. The summed E-state index contributed by atoms with van der Waals surface area (Å²) in [6.45, 7) is 0.196. The SMILES string of the molecule is CN(Cc1ccc(F)cc1F)C(=O)CCn1cnc2ccccc2c1=O. The van der Waals surface area contributed by atoms with Crippen molar-refractivity contribution in [1.29, 1.82) is 0 Å². The van der Waals surface area contributed by atoms with E-state index < -0.39 is 11.6 Å². The summed E-state index contributed by atoms with van der Waals surface area (Å²) in [5, 5.41) is 0.490. The minimum atomic E-state index is -0.695. The molecule has 0 aliphatic carbocycles. The molecule has 0 unspecified atom stereocenters. The van der Waals surface area contributed by atoms with Gasteiger partial charge in [0, 0.05) is 38.2 Å². The van der Waals surface area contributed by atoms with Gasteiger partial charge in [0.1, 0.15) is 11.6 Å². The van der Waals surface area contributed by atoms with Gasteiger partial charge in [-0.05, 0) is 18.2 Å². The molecule has 0 saturated carbocycles. The second kappa shape index (κ2) is 7.43. The van der Waals surface area contributed by atoms with E-state index in [0.717, 1.165) is 12.1 Å². The highest BCUT2D eigenvalue weighted by atomic mass is 19.1. The van der Waals surface area contributed by atoms with Gasteiger partial charge >= 0.3 is 0 Å². The lowest BCUT2D eigenvalue weighted by molar-refractivity contribution is -0.130. The van der Waals surface area contributed by atoms with E-state index in [2.05, 4.69) is 4.98 Å². The topological polar surface area (TPSA) is 55.2 Å². The van der Waals surface area contributed by atoms with Crippen molar-refractivity contribution in [2.45, 2.75) is 19.5 Å². The number of benzene rings is 2. The number of amides is 1. The Labute approximate surface area is 148 Å². The first-order valence-electron chi connectivity index (χ1n) is 8.08. The fraction of sp³-hybridized carbons (Fsp3) is 0.211. The Hall–Kier alpha value is -3.09. The number of aryl methyl sites for hydroxylation is 1. The van der Waals surface area contributed by atoms with Crippen LogP contribution in [0.3, 0.4) is 0 Å². The molecule has 26 heavy (non-hydrogen) atoms. The summed E-state index contributed by atoms with van der Waals surface area (Å²) < 4.78 is 28.0. The van der Waals surface area contributed by atoms with E-state index in [-0.39, 0.29) is 36.5 Å². The van der Waals surface area contributed by atoms with Crippen molar-refractivity contribution in [3.8, 4) is 0 Å². The summed E-state index contributed by atoms with van der Waals surface area (Å²) in [5.41, 5.74) is 0.617. The predicted octanol–water partition coefficient (Wildman–Crippen LogP) is 2.72. The molecule has 0 aliphatic heterocycles. The Balaban J connectivity index is 1.66. The molecule has 7 heteroatoms. The van der Waals surface area contributed by atoms with Crippen molar-refractivity contribution in [2.75, 3.05) is 7.05 Å². The first kappa shape index (κ1) is 17.7. The van der Waals surface area contributed by atoms with E-state index in [4.69, 9.17) is 0 Å². The summed E-state index contributed by atoms with van der Waals surface area (Å²) in [6, 6.07) is 10.2. The van der Waals surface area contributed by atoms with Crippen LogP contribution in [0, 0.1) is 11.6 Å². The first-order chi connectivity index (χ1) is 12.5. The van der Waals surface area contributed by atoms with Gasteiger partial charge < -0.3 is 4.90 Å². The van der Waals surface area contributed by atoms with Gasteiger partial charge in [-0.2, -0.15) is 0 Å². The maximum Gasteiger partial charge on any atom is 0.261 e. The quantitative estimate of drug-likeness (QED) is 0.706. The van der Waals surface area contributed by atoms with E-state index in [9.17, 15) is 18.4 Å². The minimum absolute atomic E-state index is 0.0236. The van der Waals surface area contributed by atoms with Crippen LogP contribution in [-0.4, -0.2) is 27.4 Å². The molecule has 0 saturated heterocycles. The number of carbonyl (C=O) groups is 1. The van der Waals surface area contributed by atoms with Crippen molar-refractivity contribution in [3.05, 3.63) is 76.3 Å². The third-order valence-electron chi connectivity index (χ3n) is 4.15. The Morgan fingerprint density at radius 2 is 1.96 bits per heavy atom. The van der Waals surface area contributed by atoms with Crippen LogP contribution in [0.15, 0.2) is 53.6 Å². The Kier molecular flexibility index (Phi) is 5.06. The van der Waals surface area contributed by atoms with E-state index in [1.807, 2.05) is 0 Å². The molecular formula is C19H17F2N3O2. The number of para-hydroxylation sites is 1. The first-order valence-corrected chi connectivity index (χ1v) is 8.08. The van der Waals surface area contributed by atoms with Gasteiger partial charge in [0.25, 0.3) is 5.56 Å². The van der Waals surface area contributed by atoms with Crippen molar-refractivity contribution >= 4 is 16.8 Å². The molecule has 1 amide bonds. The van der Waals surface area contributed by atoms with Gasteiger partial charge in [0.15, 0.2) is 0 Å². The van der Waals surface area contributed by atoms with E-state index in [0.29, 0.717) is 10.9 Å². The van der Waals surface area contributed by atoms with Crippen LogP contribution in [0.2, 0.25) is 0 Å². The third-order valence-corrected chi connectivity index (χ3v) is 4.15. The summed E-state index contributed by atoms with van der Waals surface area (Å²) in [6.07, 6.45) is 1.48. The maximum atomic E-state index is 13.7. The number of hydrogen-bond donors (Lipinski definition) is 0. The Morgan fingerprint density at radius 1 is 1.19 bits per heavy atom. The number of nitrogens with zero attached hydrogens (tertiary/aromatic N) is 3. The molecule has 3 aromatic rings. The standard InChI is InChI=1S/C19H17F2N3O2/c1-23(11-13-6-7-14(20)10-16(13)21)18(25)8-9-24-12-22-17-5-3-2-4-15(17)19(24)26/h2-7,10,12H,8-9,11H2,1H3. The normalized spacial score (nSPS) is 10.9. The Morgan fingerprint density at radius 3 is 2.73 bits per heavy atom. The molecule has 1 heterocycles. The smallest absolute Gasteiger partial charge is 0.261 e. The Bertz CT molecular complexity index is 1020. The van der Waals surface area contributed by atoms with Gasteiger partial charge in [0.05, 0.1) is 17.2 Å². The number of aromatic nitrogens is 2. The monoisotopic (exact) mass is 357 g/mol. The molecule has 0 spiro atoms. The van der Waals surface area contributed by atoms with E-state index in [1.165, 1.54) is 28.9 Å². The van der Waals surface area contributed by atoms with Crippen LogP contribution in [0.1, 0.15) is 12.0 Å². The van der Waals surface area contributed by atoms with Crippen molar-refractivity contribution in [1.82, 2.24) is 14.5 Å². The van der Waals surface area contributed by atoms with Gasteiger partial charge in [-0.15, -0.1) is 0 Å². The van der Waals surface area contributed by atoms with Gasteiger partial charge in [0.2, 0.25) is 5.91 Å². The highest BCUT2D eigenvalue weighted by molar-refractivity contribution is 5.77. The fourth-order valence-corrected chi connectivity index (χ4v) is 2.67. The summed E-state index contributed by atoms with van der Waals surface area (Å²) in [7, 11) is 1.53. The molecule has 5 nitrogen and oxygen atoms in total. The molecule has 0 fully saturated rings. The molecule has 0 radical (unpaired) electrons. The van der Waals surface area contributed by atoms with Gasteiger partial charge in [-0.25, -0.2) is 13.8 Å². The molecule has 0 N–H and O–H groups in total. The minimum Gasteiger partial charge on any atom is -0.341 e. The highest BCUT2D eigenvalue weighted by Gasteiger charge is 2.13. The zero-order valence-electron chi connectivity index (χ0n) is 14.2. The van der Waals surface area contributed by atoms with E-state index in [1.54, 1.807) is 24.3 Å². The second-order valence-corrected chi connectivity index (χ2v) is 6.00. The number of fused-ring (bicyclic) bond motifs is 1.